The number of nitrogens with zero attached hydrogens (tertiary/aromatic N) is 4. The molecule has 0 N–H and O–H groups in total. The topological polar surface area (TPSA) is 124 Å². The van der Waals surface area contributed by atoms with E-state index in [2.05, 4.69) is 124 Å². The van der Waals surface area contributed by atoms with E-state index >= 15 is 0 Å². The van der Waals surface area contributed by atoms with Gasteiger partial charge in [0.05, 0.1) is 118 Å². The Morgan fingerprint density at radius 1 is 0.365 bits per heavy atom. The van der Waals surface area contributed by atoms with Crippen molar-refractivity contribution in [2.75, 3.05) is 160 Å². The van der Waals surface area contributed by atoms with Gasteiger partial charge in [-0.2, -0.15) is 0 Å². The van der Waals surface area contributed by atoms with Gasteiger partial charge < -0.3 is 75.2 Å². The van der Waals surface area contributed by atoms with Crippen LogP contribution in [0, 0.1) is 5.41 Å². The molecule has 0 aromatic heterocycles. The van der Waals surface area contributed by atoms with Crippen LogP contribution in [-0.4, -0.2) is 295 Å². The van der Waals surface area contributed by atoms with Gasteiger partial charge in [-0.05, 0) is 154 Å². The molecule has 24 heteroatoms. The first-order chi connectivity index (χ1) is 40.1. The van der Waals surface area contributed by atoms with E-state index in [1.165, 1.54) is 0 Å². The minimum Gasteiger partial charge on any atom is -0.411 e. The van der Waals surface area contributed by atoms with Crippen LogP contribution in [0.25, 0.3) is 0 Å². The highest BCUT2D eigenvalue weighted by Crippen LogP contribution is 2.29. The molecule has 4 radical (unpaired) electrons. The molecule has 8 atom stereocenters. The minimum atomic E-state index is -1.95. The average molecular weight is 1340 g/mol. The van der Waals surface area contributed by atoms with Gasteiger partial charge in [0.25, 0.3) is 0 Å². The predicted octanol–water partition coefficient (Wildman–Crippen LogP) is 10.0. The molecule has 0 aromatic carbocycles. The molecule has 0 bridgehead atoms. The van der Waals surface area contributed by atoms with Crippen LogP contribution in [0.4, 0.5) is 0 Å². The van der Waals surface area contributed by atoms with E-state index in [1.807, 2.05) is 28.4 Å². The number of hydrogen-bond acceptors (Lipinski definition) is 16. The second-order valence-electron chi connectivity index (χ2n) is 29.5. The summed E-state index contributed by atoms with van der Waals surface area (Å²) in [5.74, 6) is 0. The summed E-state index contributed by atoms with van der Waals surface area (Å²) in [4.78, 5) is 10.5. The smallest absolute Gasteiger partial charge is 0.187 e. The minimum absolute atomic E-state index is 0.0537. The highest BCUT2D eigenvalue weighted by atomic mass is 28.4. The summed E-state index contributed by atoms with van der Waals surface area (Å²) >= 11 is 0. The quantitative estimate of drug-likeness (QED) is 0.0553. The molecule has 4 heterocycles. The van der Waals surface area contributed by atoms with Gasteiger partial charge in [0.1, 0.15) is 0 Å². The van der Waals surface area contributed by atoms with Crippen LogP contribution in [0.1, 0.15) is 51.4 Å². The first-order valence-electron chi connectivity index (χ1n) is 33.3. The van der Waals surface area contributed by atoms with Crippen molar-refractivity contribution in [1.29, 1.82) is 0 Å². The van der Waals surface area contributed by atoms with Crippen molar-refractivity contribution in [3.63, 3.8) is 0 Å². The molecule has 4 rings (SSSR count). The molecule has 0 saturated carbocycles. The Kier molecular flexibility index (Phi) is 36.7. The van der Waals surface area contributed by atoms with E-state index in [0.29, 0.717) is 75.8 Å². The van der Waals surface area contributed by atoms with Crippen LogP contribution >= 0.6 is 0 Å². The number of hydrogen-bond donors (Lipinski definition) is 0. The van der Waals surface area contributed by atoms with Crippen molar-refractivity contribution >= 4 is 68.5 Å². The molecule has 0 spiro atoms. The maximum absolute atomic E-state index is 7.19. The summed E-state index contributed by atoms with van der Waals surface area (Å²) < 4.78 is 81.5. The highest BCUT2D eigenvalue weighted by molar-refractivity contribution is 6.72. The summed E-state index contributed by atoms with van der Waals surface area (Å²) in [7, 11) is -2.60. The van der Waals surface area contributed by atoms with Crippen LogP contribution in [0.15, 0.2) is 0 Å². The van der Waals surface area contributed by atoms with Crippen LogP contribution in [0.2, 0.25) is 129 Å². The Labute approximate surface area is 533 Å². The first kappa shape index (κ1) is 78.5. The van der Waals surface area contributed by atoms with E-state index in [0.717, 1.165) is 154 Å². The average Bonchev–Trinajstić information content (AvgIpc) is 3.59. The molecule has 8 unspecified atom stereocenters. The van der Waals surface area contributed by atoms with Gasteiger partial charge in [-0.15, -0.1) is 0 Å². The van der Waals surface area contributed by atoms with Gasteiger partial charge in [0.15, 0.2) is 33.3 Å². The Morgan fingerprint density at radius 3 is 0.741 bits per heavy atom. The highest BCUT2D eigenvalue weighted by Gasteiger charge is 2.40. The van der Waals surface area contributed by atoms with Gasteiger partial charge in [-0.25, -0.2) is 0 Å². The molecule has 500 valence electrons. The molecule has 16 nitrogen and oxygen atoms in total. The van der Waals surface area contributed by atoms with Crippen LogP contribution in [-0.2, 0) is 55.6 Å². The fraction of sp³-hybridized carbons (Fsp3) is 1.00. The number of ether oxygens (including phenoxy) is 8. The summed E-state index contributed by atoms with van der Waals surface area (Å²) in [6.45, 7) is 53.2. The normalized spacial score (nSPS) is 26.8. The Morgan fingerprint density at radius 2 is 0.565 bits per heavy atom. The molecular weight excluding hydrogens is 1210 g/mol. The summed E-state index contributed by atoms with van der Waals surface area (Å²) in [6, 6.07) is 4.53. The summed E-state index contributed by atoms with van der Waals surface area (Å²) in [6.07, 6.45) is 8.60. The molecule has 0 aliphatic carbocycles. The van der Waals surface area contributed by atoms with Gasteiger partial charge >= 0.3 is 0 Å². The van der Waals surface area contributed by atoms with Crippen molar-refractivity contribution in [3.05, 3.63) is 0 Å². The third kappa shape index (κ3) is 31.3. The van der Waals surface area contributed by atoms with Crippen molar-refractivity contribution in [2.24, 2.45) is 5.41 Å². The van der Waals surface area contributed by atoms with Crippen molar-refractivity contribution in [1.82, 2.24) is 19.6 Å². The van der Waals surface area contributed by atoms with Gasteiger partial charge in [-0.1, -0.05) is 52.4 Å². The molecule has 4 aliphatic rings. The zero-order valence-electron chi connectivity index (χ0n) is 58.4. The fourth-order valence-electron chi connectivity index (χ4n) is 13.4. The Balaban J connectivity index is 1.71. The third-order valence-corrected chi connectivity index (χ3v) is 35.6. The van der Waals surface area contributed by atoms with E-state index in [-0.39, 0.29) is 24.4 Å². The monoisotopic (exact) mass is 1340 g/mol. The summed E-state index contributed by atoms with van der Waals surface area (Å²) in [5.41, 5.74) is 0.641. The second-order valence-corrected chi connectivity index (χ2v) is 57.8. The zero-order valence-corrected chi connectivity index (χ0v) is 66.4. The molecule has 4 fully saturated rings. The lowest BCUT2D eigenvalue weighted by molar-refractivity contribution is -0.132. The molecular formula is C61H132N4O12Si8. The standard InChI is InChI=1S/C61H132N4O12Si8/c1-66-57(78(5)6)25-33-62-29-21-37-82(13,14)74-53(41-62)45-70-49-61(50-71-46-54-42-63(30-22-38-83(15,16)75-54)34-26-58(67-2)79(7)8,51-72-47-55-43-64(31-23-39-84(17,18)76-55)35-27-59(68-3)80(9)10)52-73-48-56-44-65(32-24-40-85(19,20)77-56)36-28-60(69-4)81(11)12/h53-60H,21-52H2,1-20H3. The maximum Gasteiger partial charge on any atom is 0.187 e. The molecule has 4 aliphatic heterocycles. The number of methoxy groups -OCH3 is 4. The lowest BCUT2D eigenvalue weighted by atomic mass is 9.92. The van der Waals surface area contributed by atoms with Crippen molar-refractivity contribution in [3.8, 4) is 0 Å². The molecule has 0 aromatic rings. The number of rotatable bonds is 36. The molecule has 0 amide bonds. The largest absolute Gasteiger partial charge is 0.411 e. The lowest BCUT2D eigenvalue weighted by Crippen LogP contribution is -2.51. The van der Waals surface area contributed by atoms with Crippen LogP contribution in [0.5, 0.6) is 0 Å². The van der Waals surface area contributed by atoms with E-state index in [9.17, 15) is 0 Å². The van der Waals surface area contributed by atoms with E-state index in [1.54, 1.807) is 0 Å². The van der Waals surface area contributed by atoms with Crippen molar-refractivity contribution in [2.45, 2.75) is 228 Å². The predicted molar refractivity (Wildman–Crippen MR) is 370 cm³/mol. The van der Waals surface area contributed by atoms with Crippen molar-refractivity contribution < 1.29 is 55.6 Å². The SMILES string of the molecule is COC(CCN1CCC[Si](C)(C)OC(COCC(COCC2CN(CCC(OC)[Si](C)C)CCC[Si](C)(C)O2)(COCC2CN(CCC(OC)[Si](C)C)CCC[Si](C)(C)O2)COCC2CN(CCC(OC)[Si](C)C)CCC[Si](C)(C)O2)C1)[Si](C)C. The Hall–Kier alpha value is 1.10. The van der Waals surface area contributed by atoms with E-state index < -0.39 is 73.9 Å². The molecule has 85 heavy (non-hydrogen) atoms. The van der Waals surface area contributed by atoms with E-state index in [4.69, 9.17) is 55.6 Å². The molecule has 4 saturated heterocycles. The van der Waals surface area contributed by atoms with Gasteiger partial charge in [-0.3, -0.25) is 0 Å². The maximum atomic E-state index is 7.19. The second kappa shape index (κ2) is 39.7. The zero-order chi connectivity index (χ0) is 62.9. The van der Waals surface area contributed by atoms with Gasteiger partial charge in [0, 0.05) is 104 Å². The van der Waals surface area contributed by atoms with Gasteiger partial charge in [0.2, 0.25) is 0 Å². The third-order valence-electron chi connectivity index (χ3n) is 18.2. The Bertz CT molecular complexity index is 1530. The first-order valence-corrected chi connectivity index (χ1v) is 56.1. The van der Waals surface area contributed by atoms with Crippen LogP contribution in [0.3, 0.4) is 0 Å². The summed E-state index contributed by atoms with van der Waals surface area (Å²) in [5, 5.41) is 0. The fourth-order valence-corrected chi connectivity index (χ4v) is 26.8. The van der Waals surface area contributed by atoms with Crippen LogP contribution < -0.4 is 0 Å². The lowest BCUT2D eigenvalue weighted by Gasteiger charge is -2.40.